The van der Waals surface area contributed by atoms with E-state index in [1.807, 2.05) is 30.3 Å². The van der Waals surface area contributed by atoms with Gasteiger partial charge in [-0.1, -0.05) is 30.3 Å². The molecule has 0 radical (unpaired) electrons. The number of unbranched alkanes of at least 4 members (excludes halogenated alkanes) is 1. The maximum absolute atomic E-state index is 12.1. The van der Waals surface area contributed by atoms with E-state index in [9.17, 15) is 4.79 Å². The smallest absolute Gasteiger partial charge is 0.306 e. The summed E-state index contributed by atoms with van der Waals surface area (Å²) in [6, 6.07) is 10.0. The van der Waals surface area contributed by atoms with Gasteiger partial charge in [0.05, 0.1) is 0 Å². The van der Waals surface area contributed by atoms with Crippen molar-refractivity contribution in [3.8, 4) is 12.3 Å². The normalized spacial score (nSPS) is 17.1. The number of terminal acetylenes is 1. The molecule has 1 aromatic carbocycles. The summed E-state index contributed by atoms with van der Waals surface area (Å²) in [5.41, 5.74) is 0.617. The minimum atomic E-state index is -0.472. The summed E-state index contributed by atoms with van der Waals surface area (Å²) in [6.07, 6.45) is 8.55. The van der Waals surface area contributed by atoms with E-state index in [1.165, 1.54) is 0 Å². The summed E-state index contributed by atoms with van der Waals surface area (Å²) in [6.45, 7) is 1.74. The molecule has 2 rings (SSSR count). The Hall–Kier alpha value is -1.79. The van der Waals surface area contributed by atoms with Gasteiger partial charge in [-0.2, -0.15) is 0 Å². The lowest BCUT2D eigenvalue weighted by Crippen LogP contribution is -2.43. The van der Waals surface area contributed by atoms with Gasteiger partial charge in [0.1, 0.15) is 5.60 Å². The Bertz CT molecular complexity index is 470. The number of carbonyl (C=O) groups is 1. The second-order valence-corrected chi connectivity index (χ2v) is 5.14. The minimum Gasteiger partial charge on any atom is -0.454 e. The Morgan fingerprint density at radius 1 is 1.30 bits per heavy atom. The van der Waals surface area contributed by atoms with Gasteiger partial charge in [0.25, 0.3) is 0 Å². The Morgan fingerprint density at radius 3 is 2.65 bits per heavy atom. The lowest BCUT2D eigenvalue weighted by Gasteiger charge is -2.37. The van der Waals surface area contributed by atoms with Crippen molar-refractivity contribution in [1.29, 1.82) is 0 Å². The van der Waals surface area contributed by atoms with E-state index >= 15 is 0 Å². The number of carbonyl (C=O) groups excluding carboxylic acids is 1. The number of hydrogen-bond donors (Lipinski definition) is 1. The molecule has 1 aliphatic rings. The van der Waals surface area contributed by atoms with Crippen LogP contribution < -0.4 is 5.32 Å². The first-order valence-corrected chi connectivity index (χ1v) is 7.18. The molecule has 1 fully saturated rings. The topological polar surface area (TPSA) is 38.3 Å². The van der Waals surface area contributed by atoms with Crippen LogP contribution in [-0.4, -0.2) is 19.1 Å². The first-order valence-electron chi connectivity index (χ1n) is 7.18. The van der Waals surface area contributed by atoms with Crippen LogP contribution in [0.15, 0.2) is 30.3 Å². The molecule has 3 heteroatoms. The quantitative estimate of drug-likeness (QED) is 0.508. The van der Waals surface area contributed by atoms with Crippen LogP contribution in [0.4, 0.5) is 0 Å². The first kappa shape index (κ1) is 14.6. The van der Waals surface area contributed by atoms with Crippen LogP contribution >= 0.6 is 0 Å². The fraction of sp³-hybridized carbons (Fsp3) is 0.471. The Kier molecular flexibility index (Phi) is 5.20. The second-order valence-electron chi connectivity index (χ2n) is 5.14. The number of ether oxygens (including phenoxy) is 1. The molecular formula is C17H21NO2. The molecule has 3 nitrogen and oxygen atoms in total. The van der Waals surface area contributed by atoms with E-state index in [1.54, 1.807) is 0 Å². The summed E-state index contributed by atoms with van der Waals surface area (Å²) in [5, 5.41) is 3.32. The molecule has 0 aliphatic carbocycles. The third-order valence-corrected chi connectivity index (χ3v) is 3.72. The van der Waals surface area contributed by atoms with Crippen LogP contribution in [0.3, 0.4) is 0 Å². The summed E-state index contributed by atoms with van der Waals surface area (Å²) < 4.78 is 5.86. The number of benzene rings is 1. The average Bonchev–Trinajstić information content (AvgIpc) is 2.49. The van der Waals surface area contributed by atoms with Crippen LogP contribution in [-0.2, 0) is 15.1 Å². The molecule has 0 saturated carbocycles. The van der Waals surface area contributed by atoms with Crippen LogP contribution in [0.2, 0.25) is 0 Å². The minimum absolute atomic E-state index is 0.147. The largest absolute Gasteiger partial charge is 0.454 e. The SMILES string of the molecule is C#CCCCC(=O)OC1(c2ccccc2)CCNCC1. The zero-order valence-electron chi connectivity index (χ0n) is 11.7. The van der Waals surface area contributed by atoms with Crippen molar-refractivity contribution in [3.05, 3.63) is 35.9 Å². The average molecular weight is 271 g/mol. The number of nitrogens with one attached hydrogen (secondary N) is 1. The number of esters is 1. The maximum Gasteiger partial charge on any atom is 0.306 e. The molecule has 106 valence electrons. The molecule has 1 aliphatic heterocycles. The van der Waals surface area contributed by atoms with Gasteiger partial charge in [-0.3, -0.25) is 4.79 Å². The van der Waals surface area contributed by atoms with E-state index in [2.05, 4.69) is 11.2 Å². The summed E-state index contributed by atoms with van der Waals surface area (Å²) in [5.74, 6) is 2.40. The van der Waals surface area contributed by atoms with E-state index < -0.39 is 5.60 Å². The summed E-state index contributed by atoms with van der Waals surface area (Å²) >= 11 is 0. The molecular weight excluding hydrogens is 250 g/mol. The van der Waals surface area contributed by atoms with Gasteiger partial charge in [0, 0.05) is 25.7 Å². The van der Waals surface area contributed by atoms with Crippen molar-refractivity contribution < 1.29 is 9.53 Å². The highest BCUT2D eigenvalue weighted by Gasteiger charge is 2.37. The van der Waals surface area contributed by atoms with Crippen molar-refractivity contribution in [2.75, 3.05) is 13.1 Å². The standard InChI is InChI=1S/C17H21NO2/c1-2-3-5-10-16(19)20-17(11-13-18-14-12-17)15-8-6-4-7-9-15/h1,4,6-9,18H,3,5,10-14H2. The summed E-state index contributed by atoms with van der Waals surface area (Å²) in [7, 11) is 0. The Balaban J connectivity index is 2.08. The third-order valence-electron chi connectivity index (χ3n) is 3.72. The maximum atomic E-state index is 12.1. The number of rotatable bonds is 5. The Morgan fingerprint density at radius 2 is 2.00 bits per heavy atom. The van der Waals surface area contributed by atoms with Gasteiger partial charge in [-0.05, 0) is 25.1 Å². The molecule has 1 saturated heterocycles. The van der Waals surface area contributed by atoms with Gasteiger partial charge in [0.2, 0.25) is 0 Å². The molecule has 1 aromatic rings. The molecule has 0 aromatic heterocycles. The lowest BCUT2D eigenvalue weighted by molar-refractivity contribution is -0.164. The second kappa shape index (κ2) is 7.12. The van der Waals surface area contributed by atoms with Crippen molar-refractivity contribution in [2.45, 2.75) is 37.7 Å². The Labute approximate surface area is 120 Å². The molecule has 1 heterocycles. The molecule has 0 atom stereocenters. The third kappa shape index (κ3) is 3.61. The zero-order valence-corrected chi connectivity index (χ0v) is 11.7. The van der Waals surface area contributed by atoms with Gasteiger partial charge >= 0.3 is 5.97 Å². The summed E-state index contributed by atoms with van der Waals surface area (Å²) in [4.78, 5) is 12.1. The number of hydrogen-bond acceptors (Lipinski definition) is 3. The predicted octanol–water partition coefficient (Wildman–Crippen LogP) is 2.61. The van der Waals surface area contributed by atoms with E-state index in [-0.39, 0.29) is 5.97 Å². The van der Waals surface area contributed by atoms with Crippen LogP contribution in [0, 0.1) is 12.3 Å². The first-order chi connectivity index (χ1) is 9.77. The highest BCUT2D eigenvalue weighted by molar-refractivity contribution is 5.70. The molecule has 1 N–H and O–H groups in total. The fourth-order valence-electron chi connectivity index (χ4n) is 2.63. The van der Waals surface area contributed by atoms with Gasteiger partial charge in [-0.25, -0.2) is 0 Å². The van der Waals surface area contributed by atoms with Crippen molar-refractivity contribution >= 4 is 5.97 Å². The van der Waals surface area contributed by atoms with Crippen molar-refractivity contribution in [3.63, 3.8) is 0 Å². The monoisotopic (exact) mass is 271 g/mol. The van der Waals surface area contributed by atoms with Gasteiger partial charge < -0.3 is 10.1 Å². The van der Waals surface area contributed by atoms with Gasteiger partial charge in [-0.15, -0.1) is 12.3 Å². The predicted molar refractivity (Wildman–Crippen MR) is 79.0 cm³/mol. The van der Waals surface area contributed by atoms with Crippen LogP contribution in [0.25, 0.3) is 0 Å². The lowest BCUT2D eigenvalue weighted by atomic mass is 9.84. The van der Waals surface area contributed by atoms with E-state index in [0.29, 0.717) is 19.3 Å². The van der Waals surface area contributed by atoms with Crippen LogP contribution in [0.1, 0.15) is 37.7 Å². The van der Waals surface area contributed by atoms with E-state index in [4.69, 9.17) is 11.2 Å². The van der Waals surface area contributed by atoms with Crippen LogP contribution in [0.5, 0.6) is 0 Å². The molecule has 0 amide bonds. The molecule has 0 bridgehead atoms. The molecule has 0 unspecified atom stereocenters. The zero-order chi connectivity index (χ0) is 14.3. The van der Waals surface area contributed by atoms with Gasteiger partial charge in [0.15, 0.2) is 0 Å². The molecule has 0 spiro atoms. The van der Waals surface area contributed by atoms with Crippen molar-refractivity contribution in [1.82, 2.24) is 5.32 Å². The number of piperidine rings is 1. The fourth-order valence-corrected chi connectivity index (χ4v) is 2.63. The van der Waals surface area contributed by atoms with Crippen molar-refractivity contribution in [2.24, 2.45) is 0 Å². The highest BCUT2D eigenvalue weighted by atomic mass is 16.6. The molecule has 20 heavy (non-hydrogen) atoms. The van der Waals surface area contributed by atoms with E-state index in [0.717, 1.165) is 31.5 Å². The highest BCUT2D eigenvalue weighted by Crippen LogP contribution is 2.35.